The summed E-state index contributed by atoms with van der Waals surface area (Å²) < 4.78 is 39.9. The van der Waals surface area contributed by atoms with Crippen molar-refractivity contribution in [3.8, 4) is 10.6 Å². The summed E-state index contributed by atoms with van der Waals surface area (Å²) in [4.78, 5) is 19.5. The molecular formula is C12H10F3N3O2S. The maximum atomic E-state index is 11.9. The highest BCUT2D eigenvalue weighted by Crippen LogP contribution is 2.31. The van der Waals surface area contributed by atoms with Crippen LogP contribution in [0, 0.1) is 6.92 Å². The van der Waals surface area contributed by atoms with Gasteiger partial charge in [-0.15, -0.1) is 0 Å². The summed E-state index contributed by atoms with van der Waals surface area (Å²) in [5.41, 5.74) is 1.24. The molecular weight excluding hydrogens is 307 g/mol. The number of ether oxygens (including phenoxy) is 1. The van der Waals surface area contributed by atoms with Crippen LogP contribution in [-0.2, 0) is 4.74 Å². The van der Waals surface area contributed by atoms with Crippen LogP contribution in [0.3, 0.4) is 0 Å². The smallest absolute Gasteiger partial charge is 0.422 e. The lowest BCUT2D eigenvalue weighted by Gasteiger charge is -2.08. The van der Waals surface area contributed by atoms with E-state index in [0.717, 1.165) is 16.9 Å². The number of aromatic nitrogens is 2. The number of halogens is 3. The summed E-state index contributed by atoms with van der Waals surface area (Å²) in [6.45, 7) is 0.00187. The van der Waals surface area contributed by atoms with Gasteiger partial charge < -0.3 is 4.74 Å². The molecule has 0 unspecified atom stereocenters. The number of nitrogens with zero attached hydrogens (tertiary/aromatic N) is 2. The zero-order chi connectivity index (χ0) is 15.5. The summed E-state index contributed by atoms with van der Waals surface area (Å²) in [7, 11) is 0. The van der Waals surface area contributed by atoms with Gasteiger partial charge in [0.2, 0.25) is 0 Å². The van der Waals surface area contributed by atoms with Crippen molar-refractivity contribution in [2.24, 2.45) is 0 Å². The molecule has 0 aliphatic heterocycles. The Bertz CT molecular complexity index is 628. The second-order valence-corrected chi connectivity index (χ2v) is 4.99. The van der Waals surface area contributed by atoms with Gasteiger partial charge in [-0.2, -0.15) is 13.2 Å². The Morgan fingerprint density at radius 2 is 2.24 bits per heavy atom. The number of rotatable bonds is 3. The van der Waals surface area contributed by atoms with Gasteiger partial charge in [0.1, 0.15) is 10.0 Å². The van der Waals surface area contributed by atoms with E-state index in [1.54, 1.807) is 31.5 Å². The molecule has 2 rings (SSSR count). The van der Waals surface area contributed by atoms with Crippen LogP contribution in [0.5, 0.6) is 0 Å². The normalized spacial score (nSPS) is 11.2. The Hall–Kier alpha value is -2.16. The van der Waals surface area contributed by atoms with Gasteiger partial charge >= 0.3 is 12.3 Å². The quantitative estimate of drug-likeness (QED) is 0.939. The van der Waals surface area contributed by atoms with E-state index in [9.17, 15) is 18.0 Å². The van der Waals surface area contributed by atoms with Crippen LogP contribution in [0.2, 0.25) is 0 Å². The minimum Gasteiger partial charge on any atom is -0.440 e. The van der Waals surface area contributed by atoms with E-state index in [1.165, 1.54) is 0 Å². The molecule has 5 nitrogen and oxygen atoms in total. The van der Waals surface area contributed by atoms with Crippen molar-refractivity contribution in [3.05, 3.63) is 30.2 Å². The fourth-order valence-electron chi connectivity index (χ4n) is 1.40. The number of hydrogen-bond donors (Lipinski definition) is 1. The number of nitrogens with one attached hydrogen (secondary N) is 1. The maximum absolute atomic E-state index is 11.9. The Morgan fingerprint density at radius 1 is 1.48 bits per heavy atom. The summed E-state index contributed by atoms with van der Waals surface area (Å²) in [5.74, 6) is 0. The molecule has 1 amide bonds. The van der Waals surface area contributed by atoms with Crippen LogP contribution in [0.4, 0.5) is 23.0 Å². The van der Waals surface area contributed by atoms with Crippen molar-refractivity contribution in [2.75, 3.05) is 11.9 Å². The SMILES string of the molecule is Cc1nc(-c2cccnc2)sc1NC(=O)OCC(F)(F)F. The van der Waals surface area contributed by atoms with Gasteiger partial charge in [-0.3, -0.25) is 10.3 Å². The predicted molar refractivity (Wildman–Crippen MR) is 71.1 cm³/mol. The lowest BCUT2D eigenvalue weighted by Crippen LogP contribution is -2.23. The molecule has 0 fully saturated rings. The van der Waals surface area contributed by atoms with Gasteiger partial charge in [-0.25, -0.2) is 9.78 Å². The maximum Gasteiger partial charge on any atom is 0.422 e. The van der Waals surface area contributed by atoms with Gasteiger partial charge in [0, 0.05) is 18.0 Å². The van der Waals surface area contributed by atoms with Crippen molar-refractivity contribution in [2.45, 2.75) is 13.1 Å². The van der Waals surface area contributed by atoms with Crippen LogP contribution in [0.25, 0.3) is 10.6 Å². The van der Waals surface area contributed by atoms with Crippen molar-refractivity contribution in [1.29, 1.82) is 0 Å². The molecule has 0 bridgehead atoms. The molecule has 112 valence electrons. The zero-order valence-corrected chi connectivity index (χ0v) is 11.6. The molecule has 21 heavy (non-hydrogen) atoms. The van der Waals surface area contributed by atoms with E-state index in [2.05, 4.69) is 20.0 Å². The Morgan fingerprint density at radius 3 is 2.86 bits per heavy atom. The summed E-state index contributed by atoms with van der Waals surface area (Å²) >= 11 is 1.13. The lowest BCUT2D eigenvalue weighted by atomic mass is 10.3. The molecule has 0 atom stereocenters. The fourth-order valence-corrected chi connectivity index (χ4v) is 2.34. The third kappa shape index (κ3) is 4.42. The number of amides is 1. The first-order valence-electron chi connectivity index (χ1n) is 5.73. The first kappa shape index (κ1) is 15.2. The first-order chi connectivity index (χ1) is 9.85. The topological polar surface area (TPSA) is 64.1 Å². The van der Waals surface area contributed by atoms with E-state index >= 15 is 0 Å². The van der Waals surface area contributed by atoms with Gasteiger partial charge in [-0.1, -0.05) is 11.3 Å². The number of anilines is 1. The van der Waals surface area contributed by atoms with Crippen LogP contribution in [-0.4, -0.2) is 28.8 Å². The molecule has 0 aliphatic carbocycles. The van der Waals surface area contributed by atoms with Crippen molar-refractivity contribution in [1.82, 2.24) is 9.97 Å². The average Bonchev–Trinajstić information content (AvgIpc) is 2.78. The zero-order valence-electron chi connectivity index (χ0n) is 10.8. The minimum atomic E-state index is -4.55. The number of thiazole rings is 1. The minimum absolute atomic E-state index is 0.334. The number of carbonyl (C=O) groups is 1. The van der Waals surface area contributed by atoms with Crippen LogP contribution < -0.4 is 5.32 Å². The number of alkyl halides is 3. The number of pyridine rings is 1. The molecule has 2 aromatic heterocycles. The summed E-state index contributed by atoms with van der Waals surface area (Å²) in [5, 5.41) is 3.19. The summed E-state index contributed by atoms with van der Waals surface area (Å²) in [6.07, 6.45) is -2.51. The molecule has 0 aromatic carbocycles. The monoisotopic (exact) mass is 317 g/mol. The highest BCUT2D eigenvalue weighted by atomic mass is 32.1. The molecule has 0 saturated carbocycles. The van der Waals surface area contributed by atoms with Gasteiger partial charge in [0.25, 0.3) is 0 Å². The third-order valence-electron chi connectivity index (χ3n) is 2.29. The molecule has 0 aliphatic rings. The second-order valence-electron chi connectivity index (χ2n) is 3.99. The molecule has 2 aromatic rings. The molecule has 2 heterocycles. The summed E-state index contributed by atoms with van der Waals surface area (Å²) in [6, 6.07) is 3.52. The van der Waals surface area contributed by atoms with E-state index in [1.807, 2.05) is 0 Å². The van der Waals surface area contributed by atoms with Crippen LogP contribution in [0.1, 0.15) is 5.69 Å². The highest BCUT2D eigenvalue weighted by molar-refractivity contribution is 7.19. The number of aryl methyl sites for hydroxylation is 1. The van der Waals surface area contributed by atoms with E-state index in [0.29, 0.717) is 15.7 Å². The van der Waals surface area contributed by atoms with E-state index < -0.39 is 18.9 Å². The number of hydrogen-bond acceptors (Lipinski definition) is 5. The average molecular weight is 317 g/mol. The molecule has 9 heteroatoms. The van der Waals surface area contributed by atoms with Crippen LogP contribution in [0.15, 0.2) is 24.5 Å². The predicted octanol–water partition coefficient (Wildman–Crippen LogP) is 3.62. The fraction of sp³-hybridized carbons (Fsp3) is 0.250. The molecule has 1 N–H and O–H groups in total. The molecule has 0 spiro atoms. The third-order valence-corrected chi connectivity index (χ3v) is 3.41. The highest BCUT2D eigenvalue weighted by Gasteiger charge is 2.29. The molecule has 0 saturated heterocycles. The first-order valence-corrected chi connectivity index (χ1v) is 6.55. The standard InChI is InChI=1S/C12H10F3N3O2S/c1-7-9(18-11(19)20-6-12(13,14)15)21-10(17-7)8-3-2-4-16-5-8/h2-5H,6H2,1H3,(H,18,19). The number of carbonyl (C=O) groups excluding carboxylic acids is 1. The Balaban J connectivity index is 2.05. The second kappa shape index (κ2) is 6.08. The molecule has 0 radical (unpaired) electrons. The Labute approximate surface area is 121 Å². The van der Waals surface area contributed by atoms with Gasteiger partial charge in [0.15, 0.2) is 6.61 Å². The van der Waals surface area contributed by atoms with E-state index in [4.69, 9.17) is 0 Å². The van der Waals surface area contributed by atoms with Gasteiger partial charge in [0.05, 0.1) is 5.69 Å². The lowest BCUT2D eigenvalue weighted by molar-refractivity contribution is -0.159. The van der Waals surface area contributed by atoms with Gasteiger partial charge in [-0.05, 0) is 19.1 Å². The van der Waals surface area contributed by atoms with Crippen LogP contribution >= 0.6 is 11.3 Å². The largest absolute Gasteiger partial charge is 0.440 e. The van der Waals surface area contributed by atoms with E-state index in [-0.39, 0.29) is 0 Å². The van der Waals surface area contributed by atoms with Crippen molar-refractivity contribution >= 4 is 22.4 Å². The van der Waals surface area contributed by atoms with Crippen molar-refractivity contribution in [3.63, 3.8) is 0 Å². The Kier molecular flexibility index (Phi) is 4.41. The van der Waals surface area contributed by atoms with Crippen molar-refractivity contribution < 1.29 is 22.7 Å².